The quantitative estimate of drug-likeness (QED) is 0.642. The van der Waals surface area contributed by atoms with Crippen molar-refractivity contribution in [2.45, 2.75) is 26.4 Å². The molecule has 86 valence electrons. The van der Waals surface area contributed by atoms with Gasteiger partial charge in [-0.1, -0.05) is 5.57 Å². The van der Waals surface area contributed by atoms with Crippen LogP contribution in [0.5, 0.6) is 0 Å². The molecule has 2 atom stereocenters. The van der Waals surface area contributed by atoms with Crippen molar-refractivity contribution in [1.29, 1.82) is 0 Å². The van der Waals surface area contributed by atoms with Crippen LogP contribution in [0, 0.1) is 5.92 Å². The van der Waals surface area contributed by atoms with Crippen LogP contribution < -0.4 is 0 Å². The smallest absolute Gasteiger partial charge is 0.246 e. The van der Waals surface area contributed by atoms with Gasteiger partial charge in [-0.25, -0.2) is 0 Å². The van der Waals surface area contributed by atoms with E-state index in [4.69, 9.17) is 5.11 Å². The number of likely N-dealkylation sites (tertiary alicyclic amines) is 1. The molecule has 1 aliphatic heterocycles. The van der Waals surface area contributed by atoms with E-state index in [2.05, 4.69) is 0 Å². The molecule has 0 aromatic rings. The Balaban J connectivity index is 2.58. The number of carbonyl (C=O) groups is 1. The van der Waals surface area contributed by atoms with Crippen LogP contribution in [0.2, 0.25) is 0 Å². The number of hydrogen-bond acceptors (Lipinski definition) is 3. The Hall–Kier alpha value is -0.870. The van der Waals surface area contributed by atoms with Gasteiger partial charge in [-0.3, -0.25) is 4.79 Å². The molecule has 4 heteroatoms. The summed E-state index contributed by atoms with van der Waals surface area (Å²) < 4.78 is 0. The van der Waals surface area contributed by atoms with Gasteiger partial charge in [0.2, 0.25) is 5.91 Å². The van der Waals surface area contributed by atoms with Gasteiger partial charge in [0.15, 0.2) is 0 Å². The van der Waals surface area contributed by atoms with Crippen molar-refractivity contribution >= 4 is 5.91 Å². The second kappa shape index (κ2) is 5.28. The summed E-state index contributed by atoms with van der Waals surface area (Å²) in [5, 5.41) is 18.6. The molecule has 4 nitrogen and oxygen atoms in total. The van der Waals surface area contributed by atoms with Crippen molar-refractivity contribution < 1.29 is 15.0 Å². The van der Waals surface area contributed by atoms with Crippen LogP contribution in [0.15, 0.2) is 11.6 Å². The predicted molar refractivity (Wildman–Crippen MR) is 57.2 cm³/mol. The van der Waals surface area contributed by atoms with Gasteiger partial charge >= 0.3 is 0 Å². The molecule has 0 aromatic carbocycles. The molecule has 0 saturated carbocycles. The number of allylic oxidation sites excluding steroid dienone is 1. The standard InChI is InChI=1S/C11H19NO3/c1-8(2)5-11(15)12-4-3-10(14)9(6-12)7-13/h5,9-10,13-14H,3-4,6-7H2,1-2H3. The van der Waals surface area contributed by atoms with Crippen LogP contribution >= 0.6 is 0 Å². The molecular weight excluding hydrogens is 194 g/mol. The summed E-state index contributed by atoms with van der Waals surface area (Å²) in [5.74, 6) is -0.228. The first-order valence-electron chi connectivity index (χ1n) is 5.27. The first-order chi connectivity index (χ1) is 7.04. The summed E-state index contributed by atoms with van der Waals surface area (Å²) in [6.07, 6.45) is 1.66. The number of carbonyl (C=O) groups excluding carboxylic acids is 1. The molecule has 0 bridgehead atoms. The Morgan fingerprint density at radius 2 is 2.20 bits per heavy atom. The summed E-state index contributed by atoms with van der Waals surface area (Å²) in [6.45, 7) is 4.70. The van der Waals surface area contributed by atoms with Crippen LogP contribution in [0.1, 0.15) is 20.3 Å². The average Bonchev–Trinajstić information content (AvgIpc) is 2.17. The van der Waals surface area contributed by atoms with E-state index in [1.54, 1.807) is 11.0 Å². The van der Waals surface area contributed by atoms with Gasteiger partial charge in [0, 0.05) is 25.1 Å². The Bertz CT molecular complexity index is 259. The number of nitrogens with zero attached hydrogens (tertiary/aromatic N) is 1. The SMILES string of the molecule is CC(C)=CC(=O)N1CCC(O)C(CO)C1. The molecular formula is C11H19NO3. The maximum absolute atomic E-state index is 11.7. The minimum absolute atomic E-state index is 0.0275. The van der Waals surface area contributed by atoms with E-state index < -0.39 is 6.10 Å². The molecule has 1 heterocycles. The van der Waals surface area contributed by atoms with E-state index >= 15 is 0 Å². The minimum atomic E-state index is -0.481. The summed E-state index contributed by atoms with van der Waals surface area (Å²) >= 11 is 0. The third kappa shape index (κ3) is 3.32. The second-order valence-corrected chi connectivity index (χ2v) is 4.30. The van der Waals surface area contributed by atoms with Gasteiger partial charge in [0.25, 0.3) is 0 Å². The molecule has 1 aliphatic rings. The van der Waals surface area contributed by atoms with E-state index in [0.717, 1.165) is 5.57 Å². The second-order valence-electron chi connectivity index (χ2n) is 4.30. The highest BCUT2D eigenvalue weighted by Crippen LogP contribution is 2.17. The van der Waals surface area contributed by atoms with Crippen molar-refractivity contribution in [3.63, 3.8) is 0 Å². The number of amides is 1. The molecule has 1 rings (SSSR count). The van der Waals surface area contributed by atoms with Crippen molar-refractivity contribution in [1.82, 2.24) is 4.90 Å². The zero-order valence-electron chi connectivity index (χ0n) is 9.31. The predicted octanol–water partition coefficient (Wildman–Crippen LogP) is 0.154. The molecule has 1 saturated heterocycles. The topological polar surface area (TPSA) is 60.8 Å². The molecule has 0 spiro atoms. The van der Waals surface area contributed by atoms with Crippen LogP contribution in [-0.2, 0) is 4.79 Å². The highest BCUT2D eigenvalue weighted by atomic mass is 16.3. The van der Waals surface area contributed by atoms with Gasteiger partial charge in [0.1, 0.15) is 0 Å². The average molecular weight is 213 g/mol. The first kappa shape index (κ1) is 12.2. The van der Waals surface area contributed by atoms with Crippen LogP contribution in [0.3, 0.4) is 0 Å². The summed E-state index contributed by atoms with van der Waals surface area (Å²) in [7, 11) is 0. The highest BCUT2D eigenvalue weighted by molar-refractivity contribution is 5.88. The lowest BCUT2D eigenvalue weighted by Crippen LogP contribution is -2.46. The Labute approximate surface area is 90.2 Å². The van der Waals surface area contributed by atoms with E-state index in [1.165, 1.54) is 0 Å². The molecule has 0 aliphatic carbocycles. The largest absolute Gasteiger partial charge is 0.396 e. The molecule has 1 fully saturated rings. The summed E-state index contributed by atoms with van der Waals surface area (Å²) in [5.41, 5.74) is 0.965. The van der Waals surface area contributed by atoms with Crippen LogP contribution in [0.4, 0.5) is 0 Å². The lowest BCUT2D eigenvalue weighted by molar-refractivity contribution is -0.130. The fourth-order valence-corrected chi connectivity index (χ4v) is 1.74. The van der Waals surface area contributed by atoms with Gasteiger partial charge in [-0.15, -0.1) is 0 Å². The van der Waals surface area contributed by atoms with Gasteiger partial charge < -0.3 is 15.1 Å². The molecule has 2 unspecified atom stereocenters. The van der Waals surface area contributed by atoms with Gasteiger partial charge in [-0.05, 0) is 20.3 Å². The highest BCUT2D eigenvalue weighted by Gasteiger charge is 2.28. The van der Waals surface area contributed by atoms with Crippen molar-refractivity contribution in [3.8, 4) is 0 Å². The van der Waals surface area contributed by atoms with E-state index in [1.807, 2.05) is 13.8 Å². The lowest BCUT2D eigenvalue weighted by atomic mass is 9.95. The summed E-state index contributed by atoms with van der Waals surface area (Å²) in [6, 6.07) is 0. The molecule has 0 radical (unpaired) electrons. The van der Waals surface area contributed by atoms with Crippen molar-refractivity contribution in [2.75, 3.05) is 19.7 Å². The third-order valence-electron chi connectivity index (χ3n) is 2.65. The Morgan fingerprint density at radius 1 is 1.53 bits per heavy atom. The Morgan fingerprint density at radius 3 is 2.73 bits per heavy atom. The maximum Gasteiger partial charge on any atom is 0.246 e. The molecule has 0 aromatic heterocycles. The normalized spacial score (nSPS) is 26.3. The maximum atomic E-state index is 11.7. The van der Waals surface area contributed by atoms with Crippen LogP contribution in [0.25, 0.3) is 0 Å². The number of hydrogen-bond donors (Lipinski definition) is 2. The van der Waals surface area contributed by atoms with Crippen molar-refractivity contribution in [3.05, 3.63) is 11.6 Å². The number of aliphatic hydroxyl groups excluding tert-OH is 2. The number of aliphatic hydroxyl groups is 2. The molecule has 15 heavy (non-hydrogen) atoms. The fraction of sp³-hybridized carbons (Fsp3) is 0.727. The summed E-state index contributed by atoms with van der Waals surface area (Å²) in [4.78, 5) is 13.3. The number of rotatable bonds is 2. The monoisotopic (exact) mass is 213 g/mol. The first-order valence-corrected chi connectivity index (χ1v) is 5.27. The van der Waals surface area contributed by atoms with Crippen molar-refractivity contribution in [2.24, 2.45) is 5.92 Å². The molecule has 1 amide bonds. The lowest BCUT2D eigenvalue weighted by Gasteiger charge is -2.34. The van der Waals surface area contributed by atoms with E-state index in [9.17, 15) is 9.90 Å². The van der Waals surface area contributed by atoms with E-state index in [-0.39, 0.29) is 18.4 Å². The van der Waals surface area contributed by atoms with Gasteiger partial charge in [0.05, 0.1) is 12.7 Å². The minimum Gasteiger partial charge on any atom is -0.396 e. The zero-order valence-corrected chi connectivity index (χ0v) is 9.31. The third-order valence-corrected chi connectivity index (χ3v) is 2.65. The van der Waals surface area contributed by atoms with Gasteiger partial charge in [-0.2, -0.15) is 0 Å². The fourth-order valence-electron chi connectivity index (χ4n) is 1.74. The number of piperidine rings is 1. The van der Waals surface area contributed by atoms with E-state index in [0.29, 0.717) is 19.5 Å². The van der Waals surface area contributed by atoms with Crippen LogP contribution in [-0.4, -0.2) is 46.8 Å². The Kier molecular flexibility index (Phi) is 4.29. The zero-order chi connectivity index (χ0) is 11.4. The molecule has 2 N–H and O–H groups in total.